The molecule has 4 nitrogen and oxygen atoms in total. The summed E-state index contributed by atoms with van der Waals surface area (Å²) >= 11 is 0. The first-order valence-corrected chi connectivity index (χ1v) is 6.12. The zero-order valence-electron chi connectivity index (χ0n) is 10.2. The van der Waals surface area contributed by atoms with Gasteiger partial charge in [-0.15, -0.1) is 0 Å². The third kappa shape index (κ3) is 2.17. The molecular formula is C14H13FN2O2. The van der Waals surface area contributed by atoms with Gasteiger partial charge in [0.1, 0.15) is 5.82 Å². The summed E-state index contributed by atoms with van der Waals surface area (Å²) in [4.78, 5) is 17.0. The highest BCUT2D eigenvalue weighted by Crippen LogP contribution is 2.24. The summed E-state index contributed by atoms with van der Waals surface area (Å²) in [6.45, 7) is 1.69. The number of aliphatic carboxylic acids is 1. The van der Waals surface area contributed by atoms with Crippen molar-refractivity contribution in [1.29, 1.82) is 0 Å². The van der Waals surface area contributed by atoms with E-state index in [4.69, 9.17) is 5.11 Å². The van der Waals surface area contributed by atoms with E-state index in [0.717, 1.165) is 5.56 Å². The number of hydrogen-bond acceptors (Lipinski definition) is 3. The van der Waals surface area contributed by atoms with Crippen molar-refractivity contribution in [3.63, 3.8) is 0 Å². The molecule has 1 fully saturated rings. The maximum Gasteiger partial charge on any atom is 0.309 e. The van der Waals surface area contributed by atoms with Gasteiger partial charge in [-0.2, -0.15) is 0 Å². The van der Waals surface area contributed by atoms with Crippen LogP contribution in [-0.2, 0) is 11.3 Å². The van der Waals surface area contributed by atoms with Crippen molar-refractivity contribution in [1.82, 2.24) is 9.88 Å². The van der Waals surface area contributed by atoms with E-state index < -0.39 is 5.97 Å². The standard InChI is InChI=1S/C14H13FN2O2/c15-12-4-3-9(13-11(12)2-1-5-16-13)6-17-7-10(8-17)14(18)19/h1-5,10H,6-8H2,(H,18,19). The molecular weight excluding hydrogens is 247 g/mol. The number of pyridine rings is 1. The molecule has 0 saturated carbocycles. The van der Waals surface area contributed by atoms with E-state index in [2.05, 4.69) is 4.98 Å². The SMILES string of the molecule is O=C(O)C1CN(Cc2ccc(F)c3cccnc23)C1. The number of carboxylic acids is 1. The summed E-state index contributed by atoms with van der Waals surface area (Å²) in [5.41, 5.74) is 1.59. The number of halogens is 1. The van der Waals surface area contributed by atoms with E-state index in [9.17, 15) is 9.18 Å². The van der Waals surface area contributed by atoms with Crippen LogP contribution in [0.25, 0.3) is 10.9 Å². The van der Waals surface area contributed by atoms with Crippen molar-refractivity contribution >= 4 is 16.9 Å². The van der Waals surface area contributed by atoms with E-state index in [1.165, 1.54) is 6.07 Å². The number of rotatable bonds is 3. The van der Waals surface area contributed by atoms with Gasteiger partial charge in [0.25, 0.3) is 0 Å². The van der Waals surface area contributed by atoms with E-state index in [1.54, 1.807) is 24.4 Å². The first-order valence-electron chi connectivity index (χ1n) is 6.12. The van der Waals surface area contributed by atoms with Crippen LogP contribution in [0.1, 0.15) is 5.56 Å². The van der Waals surface area contributed by atoms with Crippen LogP contribution in [0.15, 0.2) is 30.5 Å². The van der Waals surface area contributed by atoms with Crippen LogP contribution in [0.3, 0.4) is 0 Å². The molecule has 5 heteroatoms. The number of fused-ring (bicyclic) bond motifs is 1. The largest absolute Gasteiger partial charge is 0.481 e. The first kappa shape index (κ1) is 12.0. The molecule has 1 aromatic carbocycles. The lowest BCUT2D eigenvalue weighted by Gasteiger charge is -2.36. The lowest BCUT2D eigenvalue weighted by Crippen LogP contribution is -2.49. The van der Waals surface area contributed by atoms with E-state index in [-0.39, 0.29) is 11.7 Å². The van der Waals surface area contributed by atoms with Gasteiger partial charge in [-0.25, -0.2) is 4.39 Å². The molecule has 1 N–H and O–H groups in total. The maximum atomic E-state index is 13.6. The maximum absolute atomic E-state index is 13.6. The van der Waals surface area contributed by atoms with Crippen LogP contribution in [-0.4, -0.2) is 34.0 Å². The van der Waals surface area contributed by atoms with E-state index in [1.807, 2.05) is 4.90 Å². The van der Waals surface area contributed by atoms with Crippen LogP contribution in [0, 0.1) is 11.7 Å². The Morgan fingerprint density at radius 3 is 2.95 bits per heavy atom. The predicted molar refractivity (Wildman–Crippen MR) is 68.1 cm³/mol. The number of hydrogen-bond donors (Lipinski definition) is 1. The zero-order valence-corrected chi connectivity index (χ0v) is 10.2. The second-order valence-corrected chi connectivity index (χ2v) is 4.84. The summed E-state index contributed by atoms with van der Waals surface area (Å²) in [6.07, 6.45) is 1.64. The highest BCUT2D eigenvalue weighted by molar-refractivity contribution is 5.82. The van der Waals surface area contributed by atoms with Crippen molar-refractivity contribution in [2.75, 3.05) is 13.1 Å². The number of carboxylic acid groups (broad SMARTS) is 1. The Labute approximate surface area is 109 Å². The molecule has 2 heterocycles. The van der Waals surface area contributed by atoms with Gasteiger partial charge in [0.2, 0.25) is 0 Å². The molecule has 0 aliphatic carbocycles. The fourth-order valence-electron chi connectivity index (χ4n) is 2.42. The van der Waals surface area contributed by atoms with Crippen molar-refractivity contribution < 1.29 is 14.3 Å². The molecule has 2 aromatic rings. The van der Waals surface area contributed by atoms with Gasteiger partial charge in [-0.3, -0.25) is 14.7 Å². The molecule has 98 valence electrons. The number of likely N-dealkylation sites (tertiary alicyclic amines) is 1. The molecule has 3 rings (SSSR count). The quantitative estimate of drug-likeness (QED) is 0.915. The minimum Gasteiger partial charge on any atom is -0.481 e. The minimum absolute atomic E-state index is 0.278. The number of carbonyl (C=O) groups is 1. The van der Waals surface area contributed by atoms with E-state index in [0.29, 0.717) is 30.5 Å². The molecule has 0 atom stereocenters. The number of nitrogens with zero attached hydrogens (tertiary/aromatic N) is 2. The third-order valence-electron chi connectivity index (χ3n) is 3.50. The number of benzene rings is 1. The monoisotopic (exact) mass is 260 g/mol. The Balaban J connectivity index is 1.83. The summed E-state index contributed by atoms with van der Waals surface area (Å²) in [5, 5.41) is 9.35. The van der Waals surface area contributed by atoms with Gasteiger partial charge in [0, 0.05) is 31.2 Å². The van der Waals surface area contributed by atoms with Crippen molar-refractivity contribution in [2.24, 2.45) is 5.92 Å². The molecule has 0 radical (unpaired) electrons. The van der Waals surface area contributed by atoms with Crippen molar-refractivity contribution in [2.45, 2.75) is 6.54 Å². The highest BCUT2D eigenvalue weighted by Gasteiger charge is 2.32. The average Bonchev–Trinajstić information content (AvgIpc) is 2.35. The Morgan fingerprint density at radius 2 is 2.21 bits per heavy atom. The van der Waals surface area contributed by atoms with Crippen LogP contribution < -0.4 is 0 Å². The van der Waals surface area contributed by atoms with Crippen LogP contribution in [0.5, 0.6) is 0 Å². The van der Waals surface area contributed by atoms with Crippen LogP contribution in [0.4, 0.5) is 4.39 Å². The van der Waals surface area contributed by atoms with Gasteiger partial charge in [0.15, 0.2) is 0 Å². The molecule has 0 spiro atoms. The van der Waals surface area contributed by atoms with Gasteiger partial charge < -0.3 is 5.11 Å². The smallest absolute Gasteiger partial charge is 0.309 e. The summed E-state index contributed by atoms with van der Waals surface area (Å²) in [6, 6.07) is 6.57. The normalized spacial score (nSPS) is 16.5. The summed E-state index contributed by atoms with van der Waals surface area (Å²) in [7, 11) is 0. The molecule has 0 unspecified atom stereocenters. The topological polar surface area (TPSA) is 53.4 Å². The predicted octanol–water partition coefficient (Wildman–Crippen LogP) is 1.89. The summed E-state index contributed by atoms with van der Waals surface area (Å²) < 4.78 is 13.6. The molecule has 1 aromatic heterocycles. The van der Waals surface area contributed by atoms with Crippen LogP contribution in [0.2, 0.25) is 0 Å². The Kier molecular flexibility index (Phi) is 2.91. The van der Waals surface area contributed by atoms with Gasteiger partial charge in [0.05, 0.1) is 11.4 Å². The van der Waals surface area contributed by atoms with Gasteiger partial charge in [-0.1, -0.05) is 6.07 Å². The molecule has 1 saturated heterocycles. The lowest BCUT2D eigenvalue weighted by molar-refractivity contribution is -0.147. The summed E-state index contributed by atoms with van der Waals surface area (Å²) in [5.74, 6) is -1.31. The van der Waals surface area contributed by atoms with Gasteiger partial charge in [-0.05, 0) is 23.8 Å². The molecule has 1 aliphatic heterocycles. The molecule has 0 amide bonds. The fourth-order valence-corrected chi connectivity index (χ4v) is 2.42. The second-order valence-electron chi connectivity index (χ2n) is 4.84. The Hall–Kier alpha value is -2.01. The Morgan fingerprint density at radius 1 is 1.42 bits per heavy atom. The van der Waals surface area contributed by atoms with Crippen molar-refractivity contribution in [3.8, 4) is 0 Å². The highest BCUT2D eigenvalue weighted by atomic mass is 19.1. The van der Waals surface area contributed by atoms with E-state index >= 15 is 0 Å². The van der Waals surface area contributed by atoms with Crippen LogP contribution >= 0.6 is 0 Å². The molecule has 1 aliphatic rings. The van der Waals surface area contributed by atoms with Crippen molar-refractivity contribution in [3.05, 3.63) is 41.8 Å². The minimum atomic E-state index is -0.752. The molecule has 19 heavy (non-hydrogen) atoms. The fraction of sp³-hybridized carbons (Fsp3) is 0.286. The first-order chi connectivity index (χ1) is 9.15. The van der Waals surface area contributed by atoms with Gasteiger partial charge >= 0.3 is 5.97 Å². The second kappa shape index (κ2) is 4.59. The Bertz CT molecular complexity index is 638. The number of aromatic nitrogens is 1. The molecule has 0 bridgehead atoms. The average molecular weight is 260 g/mol. The third-order valence-corrected chi connectivity index (χ3v) is 3.50. The lowest BCUT2D eigenvalue weighted by atomic mass is 9.99. The zero-order chi connectivity index (χ0) is 13.4.